The van der Waals surface area contributed by atoms with E-state index in [0.29, 0.717) is 6.04 Å². The molecule has 0 spiro atoms. The van der Waals surface area contributed by atoms with E-state index in [1.54, 1.807) is 0 Å². The molecule has 0 aromatic heterocycles. The molecule has 1 aliphatic carbocycles. The maximum absolute atomic E-state index is 3.49. The lowest BCUT2D eigenvalue weighted by molar-refractivity contribution is 0.237. The lowest BCUT2D eigenvalue weighted by Crippen LogP contribution is -2.36. The van der Waals surface area contributed by atoms with Gasteiger partial charge in [-0.2, -0.15) is 0 Å². The van der Waals surface area contributed by atoms with Crippen molar-refractivity contribution < 1.29 is 0 Å². The number of nitrogens with zero attached hydrogens (tertiary/aromatic N) is 1. The number of benzene rings is 1. The van der Waals surface area contributed by atoms with Crippen LogP contribution >= 0.6 is 0 Å². The number of hydrogen-bond acceptors (Lipinski definition) is 2. The van der Waals surface area contributed by atoms with E-state index < -0.39 is 0 Å². The highest BCUT2D eigenvalue weighted by Gasteiger charge is 2.30. The van der Waals surface area contributed by atoms with Gasteiger partial charge in [0.2, 0.25) is 0 Å². The molecule has 0 saturated heterocycles. The van der Waals surface area contributed by atoms with Gasteiger partial charge in [-0.15, -0.1) is 0 Å². The van der Waals surface area contributed by atoms with Crippen molar-refractivity contribution in [1.29, 1.82) is 0 Å². The summed E-state index contributed by atoms with van der Waals surface area (Å²) in [5.74, 6) is 0. The molecule has 1 fully saturated rings. The van der Waals surface area contributed by atoms with Gasteiger partial charge in [-0.05, 0) is 50.9 Å². The number of hydrogen-bond donors (Lipinski definition) is 1. The highest BCUT2D eigenvalue weighted by Crippen LogP contribution is 2.29. The van der Waals surface area contributed by atoms with Crippen molar-refractivity contribution in [2.24, 2.45) is 0 Å². The van der Waals surface area contributed by atoms with Crippen LogP contribution in [0.3, 0.4) is 0 Å². The molecule has 0 radical (unpaired) electrons. The zero-order chi connectivity index (χ0) is 13.0. The zero-order valence-corrected chi connectivity index (χ0v) is 11.9. The molecule has 0 bridgehead atoms. The molecule has 1 atom stereocenters. The van der Waals surface area contributed by atoms with Crippen LogP contribution in [-0.4, -0.2) is 31.1 Å². The first kappa shape index (κ1) is 13.6. The predicted molar refractivity (Wildman–Crippen MR) is 77.9 cm³/mol. The van der Waals surface area contributed by atoms with Crippen LogP contribution in [0.5, 0.6) is 0 Å². The van der Waals surface area contributed by atoms with Gasteiger partial charge in [0, 0.05) is 18.6 Å². The number of aryl methyl sites for hydroxylation is 1. The van der Waals surface area contributed by atoms with E-state index >= 15 is 0 Å². The molecule has 1 aromatic rings. The molecule has 2 nitrogen and oxygen atoms in total. The summed E-state index contributed by atoms with van der Waals surface area (Å²) in [5.41, 5.74) is 2.84. The molecular weight excluding hydrogens is 220 g/mol. The van der Waals surface area contributed by atoms with Crippen LogP contribution < -0.4 is 5.32 Å². The zero-order valence-electron chi connectivity index (χ0n) is 11.9. The van der Waals surface area contributed by atoms with Crippen molar-refractivity contribution in [3.63, 3.8) is 0 Å². The van der Waals surface area contributed by atoms with Crippen molar-refractivity contribution in [3.05, 3.63) is 35.4 Å². The van der Waals surface area contributed by atoms with Crippen LogP contribution in [0.15, 0.2) is 24.3 Å². The number of rotatable bonds is 7. The van der Waals surface area contributed by atoms with E-state index in [9.17, 15) is 0 Å². The fraction of sp³-hybridized carbons (Fsp3) is 0.625. The Morgan fingerprint density at radius 1 is 1.33 bits per heavy atom. The Morgan fingerprint density at radius 3 is 2.61 bits per heavy atom. The Morgan fingerprint density at radius 2 is 2.06 bits per heavy atom. The second-order valence-corrected chi connectivity index (χ2v) is 5.42. The molecular formula is C16H26N2. The average molecular weight is 246 g/mol. The van der Waals surface area contributed by atoms with E-state index in [2.05, 4.69) is 55.4 Å². The third kappa shape index (κ3) is 3.33. The molecule has 1 N–H and O–H groups in total. The number of likely N-dealkylation sites (N-methyl/N-ethyl adjacent to an activating group) is 1. The van der Waals surface area contributed by atoms with Crippen LogP contribution in [0, 0.1) is 6.92 Å². The van der Waals surface area contributed by atoms with Crippen molar-refractivity contribution in [3.8, 4) is 0 Å². The Hall–Kier alpha value is -0.860. The highest BCUT2D eigenvalue weighted by molar-refractivity contribution is 5.29. The molecule has 1 aromatic carbocycles. The van der Waals surface area contributed by atoms with Crippen LogP contribution in [0.4, 0.5) is 0 Å². The van der Waals surface area contributed by atoms with Crippen molar-refractivity contribution in [1.82, 2.24) is 10.2 Å². The summed E-state index contributed by atoms with van der Waals surface area (Å²) in [5, 5.41) is 3.49. The van der Waals surface area contributed by atoms with Gasteiger partial charge in [-0.1, -0.05) is 31.2 Å². The van der Waals surface area contributed by atoms with Gasteiger partial charge in [-0.3, -0.25) is 4.90 Å². The lowest BCUT2D eigenvalue weighted by atomic mass is 10.0. The topological polar surface area (TPSA) is 15.3 Å². The van der Waals surface area contributed by atoms with Gasteiger partial charge in [0.15, 0.2) is 0 Å². The summed E-state index contributed by atoms with van der Waals surface area (Å²) in [6.07, 6.45) is 4.04. The third-order valence-corrected chi connectivity index (χ3v) is 3.90. The fourth-order valence-corrected chi connectivity index (χ4v) is 2.71. The van der Waals surface area contributed by atoms with Crippen LogP contribution in [-0.2, 0) is 0 Å². The first-order valence-corrected chi connectivity index (χ1v) is 7.23. The van der Waals surface area contributed by atoms with Crippen LogP contribution in [0.2, 0.25) is 0 Å². The van der Waals surface area contributed by atoms with Crippen molar-refractivity contribution in [2.75, 3.05) is 20.1 Å². The smallest absolute Gasteiger partial charge is 0.0449 e. The second-order valence-electron chi connectivity index (χ2n) is 5.42. The minimum Gasteiger partial charge on any atom is -0.312 e. The number of nitrogens with one attached hydrogen (secondary N) is 1. The quantitative estimate of drug-likeness (QED) is 0.795. The minimum atomic E-state index is 0.457. The van der Waals surface area contributed by atoms with E-state index in [1.165, 1.54) is 36.9 Å². The SMILES string of the molecule is CCCN(CC(NC)c1ccccc1C)C1CC1. The van der Waals surface area contributed by atoms with E-state index in [4.69, 9.17) is 0 Å². The van der Waals surface area contributed by atoms with Gasteiger partial charge in [0.05, 0.1) is 0 Å². The molecule has 18 heavy (non-hydrogen) atoms. The Kier molecular flexibility index (Phi) is 4.79. The molecule has 0 aliphatic heterocycles. The molecule has 100 valence electrons. The van der Waals surface area contributed by atoms with Crippen LogP contribution in [0.25, 0.3) is 0 Å². The first-order chi connectivity index (χ1) is 8.76. The molecule has 0 heterocycles. The summed E-state index contributed by atoms with van der Waals surface area (Å²) in [4.78, 5) is 2.66. The highest BCUT2D eigenvalue weighted by atomic mass is 15.2. The molecule has 1 saturated carbocycles. The third-order valence-electron chi connectivity index (χ3n) is 3.90. The fourth-order valence-electron chi connectivity index (χ4n) is 2.71. The maximum Gasteiger partial charge on any atom is 0.0449 e. The Balaban J connectivity index is 2.06. The van der Waals surface area contributed by atoms with Gasteiger partial charge < -0.3 is 5.32 Å². The first-order valence-electron chi connectivity index (χ1n) is 7.23. The second kappa shape index (κ2) is 6.35. The Bertz CT molecular complexity index is 371. The maximum atomic E-state index is 3.49. The average Bonchev–Trinajstić information content (AvgIpc) is 3.20. The summed E-state index contributed by atoms with van der Waals surface area (Å²) in [6, 6.07) is 10.0. The van der Waals surface area contributed by atoms with Gasteiger partial charge in [-0.25, -0.2) is 0 Å². The van der Waals surface area contributed by atoms with Crippen LogP contribution in [0.1, 0.15) is 43.4 Å². The molecule has 1 unspecified atom stereocenters. The monoisotopic (exact) mass is 246 g/mol. The van der Waals surface area contributed by atoms with E-state index in [-0.39, 0.29) is 0 Å². The Labute approximate surface area is 111 Å². The summed E-state index contributed by atoms with van der Waals surface area (Å²) >= 11 is 0. The molecule has 2 heteroatoms. The van der Waals surface area contributed by atoms with E-state index in [0.717, 1.165) is 12.6 Å². The summed E-state index contributed by atoms with van der Waals surface area (Å²) in [7, 11) is 2.08. The van der Waals surface area contributed by atoms with Gasteiger partial charge >= 0.3 is 0 Å². The largest absolute Gasteiger partial charge is 0.312 e. The molecule has 1 aliphatic rings. The van der Waals surface area contributed by atoms with Crippen molar-refractivity contribution >= 4 is 0 Å². The summed E-state index contributed by atoms with van der Waals surface area (Å²) in [6.45, 7) is 6.85. The van der Waals surface area contributed by atoms with Gasteiger partial charge in [0.1, 0.15) is 0 Å². The lowest BCUT2D eigenvalue weighted by Gasteiger charge is -2.28. The van der Waals surface area contributed by atoms with Crippen molar-refractivity contribution in [2.45, 2.75) is 45.2 Å². The van der Waals surface area contributed by atoms with Gasteiger partial charge in [0.25, 0.3) is 0 Å². The summed E-state index contributed by atoms with van der Waals surface area (Å²) < 4.78 is 0. The molecule has 2 rings (SSSR count). The van der Waals surface area contributed by atoms with E-state index in [1.807, 2.05) is 0 Å². The minimum absolute atomic E-state index is 0.457. The predicted octanol–water partition coefficient (Wildman–Crippen LogP) is 3.13. The normalized spacial score (nSPS) is 17.1. The standard InChI is InChI=1S/C16H26N2/c1-4-11-18(14-9-10-14)12-16(17-3)15-8-6-5-7-13(15)2/h5-8,14,16-17H,4,9-12H2,1-3H3. The molecule has 0 amide bonds.